The third kappa shape index (κ3) is 6.55. The minimum atomic E-state index is -0.474. The molecule has 0 aromatic heterocycles. The number of nitrogens with zero attached hydrogens (tertiary/aromatic N) is 1. The SMILES string of the molecule is CC(C)CN1C[C@@H](NCc2cc(F)ccc2F)C[C@H]1C(=O)NCCc1ccccc1F. The Morgan fingerprint density at radius 2 is 1.84 bits per heavy atom. The highest BCUT2D eigenvalue weighted by Gasteiger charge is 2.36. The molecule has 31 heavy (non-hydrogen) atoms. The number of likely N-dealkylation sites (tertiary alicyclic amines) is 1. The molecule has 1 heterocycles. The van der Waals surface area contributed by atoms with Gasteiger partial charge in [0.2, 0.25) is 5.91 Å². The lowest BCUT2D eigenvalue weighted by atomic mass is 10.1. The molecular weight excluding hydrogens is 403 g/mol. The maximum absolute atomic E-state index is 13.9. The Balaban J connectivity index is 1.56. The molecule has 0 bridgehead atoms. The fourth-order valence-electron chi connectivity index (χ4n) is 4.07. The van der Waals surface area contributed by atoms with Gasteiger partial charge in [-0.2, -0.15) is 0 Å². The van der Waals surface area contributed by atoms with Crippen molar-refractivity contribution in [2.75, 3.05) is 19.6 Å². The van der Waals surface area contributed by atoms with Crippen molar-refractivity contribution in [1.29, 1.82) is 0 Å². The molecule has 168 valence electrons. The van der Waals surface area contributed by atoms with Crippen molar-refractivity contribution in [2.45, 2.75) is 45.3 Å². The summed E-state index contributed by atoms with van der Waals surface area (Å²) < 4.78 is 41.1. The zero-order valence-electron chi connectivity index (χ0n) is 18.0. The lowest BCUT2D eigenvalue weighted by Gasteiger charge is -2.25. The van der Waals surface area contributed by atoms with E-state index in [1.54, 1.807) is 18.2 Å². The normalized spacial score (nSPS) is 19.2. The predicted octanol–water partition coefficient (Wildman–Crippen LogP) is 3.65. The van der Waals surface area contributed by atoms with Gasteiger partial charge in [0.15, 0.2) is 0 Å². The first kappa shape index (κ1) is 23.3. The standard InChI is InChI=1S/C24H30F3N3O/c1-16(2)14-30-15-20(29-13-18-11-19(25)7-8-22(18)27)12-23(30)24(31)28-10-9-17-5-3-4-6-21(17)26/h3-8,11,16,20,23,29H,9-10,12-15H2,1-2H3,(H,28,31)/t20-,23-/m0/s1. The van der Waals surface area contributed by atoms with Gasteiger partial charge in [0.1, 0.15) is 17.5 Å². The number of hydrogen-bond acceptors (Lipinski definition) is 3. The van der Waals surface area contributed by atoms with Crippen LogP contribution in [0.5, 0.6) is 0 Å². The van der Waals surface area contributed by atoms with Gasteiger partial charge in [-0.05, 0) is 48.6 Å². The van der Waals surface area contributed by atoms with Crippen molar-refractivity contribution < 1.29 is 18.0 Å². The molecule has 2 atom stereocenters. The summed E-state index contributed by atoms with van der Waals surface area (Å²) in [6.45, 7) is 6.16. The number of amides is 1. The van der Waals surface area contributed by atoms with E-state index in [0.29, 0.717) is 37.4 Å². The summed E-state index contributed by atoms with van der Waals surface area (Å²) in [7, 11) is 0. The first-order valence-corrected chi connectivity index (χ1v) is 10.8. The van der Waals surface area contributed by atoms with Crippen LogP contribution in [-0.4, -0.2) is 42.5 Å². The van der Waals surface area contributed by atoms with Gasteiger partial charge < -0.3 is 10.6 Å². The van der Waals surface area contributed by atoms with Gasteiger partial charge in [-0.15, -0.1) is 0 Å². The third-order valence-corrected chi connectivity index (χ3v) is 5.55. The van der Waals surface area contributed by atoms with Gasteiger partial charge >= 0.3 is 0 Å². The van der Waals surface area contributed by atoms with E-state index in [1.165, 1.54) is 12.1 Å². The van der Waals surface area contributed by atoms with Gasteiger partial charge in [0.25, 0.3) is 0 Å². The fourth-order valence-corrected chi connectivity index (χ4v) is 4.07. The number of rotatable bonds is 9. The molecule has 2 aromatic rings. The first-order chi connectivity index (χ1) is 14.8. The van der Waals surface area contributed by atoms with E-state index in [-0.39, 0.29) is 35.9 Å². The Bertz CT molecular complexity index is 890. The molecular formula is C24H30F3N3O. The van der Waals surface area contributed by atoms with Crippen LogP contribution in [0.3, 0.4) is 0 Å². The van der Waals surface area contributed by atoms with Crippen LogP contribution in [0.1, 0.15) is 31.4 Å². The minimum Gasteiger partial charge on any atom is -0.354 e. The predicted molar refractivity (Wildman–Crippen MR) is 115 cm³/mol. The van der Waals surface area contributed by atoms with Gasteiger partial charge in [-0.25, -0.2) is 13.2 Å². The summed E-state index contributed by atoms with van der Waals surface area (Å²) in [4.78, 5) is 15.0. The maximum atomic E-state index is 13.9. The Labute approximate surface area is 181 Å². The average Bonchev–Trinajstić information content (AvgIpc) is 3.12. The molecule has 7 heteroatoms. The van der Waals surface area contributed by atoms with Gasteiger partial charge in [-0.3, -0.25) is 9.69 Å². The average molecular weight is 434 g/mol. The number of benzene rings is 2. The molecule has 0 radical (unpaired) electrons. The molecule has 2 aromatic carbocycles. The minimum absolute atomic E-state index is 0.0104. The topological polar surface area (TPSA) is 44.4 Å². The molecule has 4 nitrogen and oxygen atoms in total. The van der Waals surface area contributed by atoms with Crippen molar-refractivity contribution in [3.05, 3.63) is 71.0 Å². The number of nitrogens with one attached hydrogen (secondary N) is 2. The van der Waals surface area contributed by atoms with Gasteiger partial charge in [0.05, 0.1) is 6.04 Å². The Kier molecular flexibility index (Phi) is 8.09. The van der Waals surface area contributed by atoms with Crippen LogP contribution < -0.4 is 10.6 Å². The summed E-state index contributed by atoms with van der Waals surface area (Å²) in [5.74, 6) is -0.897. The summed E-state index contributed by atoms with van der Waals surface area (Å²) in [6.07, 6.45) is 1.00. The zero-order chi connectivity index (χ0) is 22.4. The van der Waals surface area contributed by atoms with Crippen molar-refractivity contribution in [3.8, 4) is 0 Å². The van der Waals surface area contributed by atoms with Crippen LogP contribution in [0.2, 0.25) is 0 Å². The first-order valence-electron chi connectivity index (χ1n) is 10.8. The molecule has 1 fully saturated rings. The van der Waals surface area contributed by atoms with Crippen LogP contribution in [0.4, 0.5) is 13.2 Å². The highest BCUT2D eigenvalue weighted by molar-refractivity contribution is 5.82. The highest BCUT2D eigenvalue weighted by Crippen LogP contribution is 2.21. The highest BCUT2D eigenvalue weighted by atomic mass is 19.1. The molecule has 3 rings (SSSR count). The Hall–Kier alpha value is -2.38. The van der Waals surface area contributed by atoms with E-state index in [9.17, 15) is 18.0 Å². The summed E-state index contributed by atoms with van der Waals surface area (Å²) in [5.41, 5.74) is 0.845. The van der Waals surface area contributed by atoms with Gasteiger partial charge in [-0.1, -0.05) is 32.0 Å². The van der Waals surface area contributed by atoms with Crippen molar-refractivity contribution in [3.63, 3.8) is 0 Å². The lowest BCUT2D eigenvalue weighted by Crippen LogP contribution is -2.45. The third-order valence-electron chi connectivity index (χ3n) is 5.55. The lowest BCUT2D eigenvalue weighted by molar-refractivity contribution is -0.125. The molecule has 1 aliphatic rings. The van der Waals surface area contributed by atoms with E-state index in [4.69, 9.17) is 0 Å². The van der Waals surface area contributed by atoms with Gasteiger partial charge in [0, 0.05) is 37.8 Å². The Morgan fingerprint density at radius 1 is 1.10 bits per heavy atom. The Morgan fingerprint density at radius 3 is 2.58 bits per heavy atom. The van der Waals surface area contributed by atoms with Crippen LogP contribution >= 0.6 is 0 Å². The second-order valence-electron chi connectivity index (χ2n) is 8.55. The molecule has 2 N–H and O–H groups in total. The van der Waals surface area contributed by atoms with E-state index in [2.05, 4.69) is 29.4 Å². The second kappa shape index (κ2) is 10.8. The molecule has 1 saturated heterocycles. The molecule has 1 amide bonds. The molecule has 0 saturated carbocycles. The van der Waals surface area contributed by atoms with Crippen LogP contribution in [0.25, 0.3) is 0 Å². The summed E-state index contributed by atoms with van der Waals surface area (Å²) >= 11 is 0. The van der Waals surface area contributed by atoms with Crippen molar-refractivity contribution in [1.82, 2.24) is 15.5 Å². The maximum Gasteiger partial charge on any atom is 0.237 e. The number of halogens is 3. The van der Waals surface area contributed by atoms with Crippen molar-refractivity contribution >= 4 is 5.91 Å². The van der Waals surface area contributed by atoms with E-state index in [0.717, 1.165) is 18.7 Å². The molecule has 1 aliphatic heterocycles. The van der Waals surface area contributed by atoms with E-state index < -0.39 is 11.6 Å². The van der Waals surface area contributed by atoms with Crippen LogP contribution in [0.15, 0.2) is 42.5 Å². The summed E-state index contributed by atoms with van der Waals surface area (Å²) in [5, 5.41) is 6.20. The van der Waals surface area contributed by atoms with E-state index >= 15 is 0 Å². The second-order valence-corrected chi connectivity index (χ2v) is 8.55. The van der Waals surface area contributed by atoms with Crippen LogP contribution in [-0.2, 0) is 17.8 Å². The largest absolute Gasteiger partial charge is 0.354 e. The van der Waals surface area contributed by atoms with Crippen molar-refractivity contribution in [2.24, 2.45) is 5.92 Å². The van der Waals surface area contributed by atoms with Crippen LogP contribution in [0, 0.1) is 23.4 Å². The quantitative estimate of drug-likeness (QED) is 0.635. The molecule has 0 unspecified atom stereocenters. The summed E-state index contributed by atoms with van der Waals surface area (Å²) in [6, 6.07) is 9.64. The fraction of sp³-hybridized carbons (Fsp3) is 0.458. The zero-order valence-corrected chi connectivity index (χ0v) is 18.0. The number of carbonyl (C=O) groups is 1. The van der Waals surface area contributed by atoms with E-state index in [1.807, 2.05) is 0 Å². The molecule has 0 spiro atoms. The monoisotopic (exact) mass is 433 g/mol. The smallest absolute Gasteiger partial charge is 0.237 e. The number of carbonyl (C=O) groups excluding carboxylic acids is 1. The molecule has 0 aliphatic carbocycles. The number of hydrogen-bond donors (Lipinski definition) is 2.